The molecule has 0 saturated carbocycles. The first-order valence-electron chi connectivity index (χ1n) is 13.4. The normalized spacial score (nSPS) is 13.7. The van der Waals surface area contributed by atoms with Gasteiger partial charge in [-0.15, -0.1) is 0 Å². The summed E-state index contributed by atoms with van der Waals surface area (Å²) in [5, 5.41) is 17.8. The largest absolute Gasteiger partial charge is 0.480 e. The van der Waals surface area contributed by atoms with Crippen molar-refractivity contribution in [3.63, 3.8) is 0 Å². The number of aliphatic imine (C=N–C) groups is 2. The van der Waals surface area contributed by atoms with E-state index in [1.165, 1.54) is 6.92 Å². The molecular formula is C26H41N11O5. The number of guanidine groups is 2. The van der Waals surface area contributed by atoms with Crippen LogP contribution in [0.1, 0.15) is 38.2 Å². The Morgan fingerprint density at radius 3 is 2.05 bits per heavy atom. The first-order chi connectivity index (χ1) is 19.9. The van der Waals surface area contributed by atoms with Crippen LogP contribution in [0, 0.1) is 0 Å². The number of nitrogens with two attached hydrogens (primary N) is 5. The lowest BCUT2D eigenvalue weighted by Gasteiger charge is -2.25. The van der Waals surface area contributed by atoms with Crippen molar-refractivity contribution in [2.24, 2.45) is 38.7 Å². The third-order valence-electron chi connectivity index (χ3n) is 6.34. The molecule has 1 aromatic heterocycles. The van der Waals surface area contributed by atoms with Crippen molar-refractivity contribution in [2.75, 3.05) is 13.1 Å². The smallest absolute Gasteiger partial charge is 0.325 e. The summed E-state index contributed by atoms with van der Waals surface area (Å²) in [5.41, 5.74) is 28.9. The van der Waals surface area contributed by atoms with Gasteiger partial charge in [0.05, 0.1) is 6.04 Å². The fourth-order valence-electron chi connectivity index (χ4n) is 4.08. The number of carbonyl (C=O) groups is 4. The molecule has 0 bridgehead atoms. The molecule has 3 amide bonds. The number of aromatic nitrogens is 1. The second kappa shape index (κ2) is 16.4. The van der Waals surface area contributed by atoms with Gasteiger partial charge in [0.15, 0.2) is 11.9 Å². The van der Waals surface area contributed by atoms with Crippen LogP contribution in [0.2, 0.25) is 0 Å². The van der Waals surface area contributed by atoms with Gasteiger partial charge in [-0.1, -0.05) is 18.2 Å². The van der Waals surface area contributed by atoms with Gasteiger partial charge in [-0.2, -0.15) is 0 Å². The zero-order chi connectivity index (χ0) is 31.2. The number of hydrogen-bond acceptors (Lipinski definition) is 7. The predicted octanol–water partition coefficient (Wildman–Crippen LogP) is -2.30. The van der Waals surface area contributed by atoms with Crippen LogP contribution in [0.5, 0.6) is 0 Å². The van der Waals surface area contributed by atoms with E-state index in [1.54, 1.807) is 6.20 Å². The molecule has 0 aliphatic heterocycles. The number of H-pyrrole nitrogens is 1. The molecule has 1 heterocycles. The molecular weight excluding hydrogens is 546 g/mol. The first-order valence-corrected chi connectivity index (χ1v) is 13.4. The molecule has 0 saturated heterocycles. The lowest BCUT2D eigenvalue weighted by molar-refractivity contribution is -0.141. The van der Waals surface area contributed by atoms with E-state index in [0.29, 0.717) is 12.8 Å². The van der Waals surface area contributed by atoms with Gasteiger partial charge >= 0.3 is 5.97 Å². The lowest BCUT2D eigenvalue weighted by Crippen LogP contribution is -2.57. The number of carboxylic acids is 1. The minimum absolute atomic E-state index is 0.0485. The van der Waals surface area contributed by atoms with Crippen molar-refractivity contribution in [3.8, 4) is 0 Å². The molecule has 0 radical (unpaired) electrons. The van der Waals surface area contributed by atoms with Crippen molar-refractivity contribution in [2.45, 2.75) is 63.2 Å². The van der Waals surface area contributed by atoms with E-state index in [0.717, 1.165) is 16.5 Å². The number of carbonyl (C=O) groups excluding carboxylic acids is 3. The summed E-state index contributed by atoms with van der Waals surface area (Å²) in [6.45, 7) is 1.79. The summed E-state index contributed by atoms with van der Waals surface area (Å²) < 4.78 is 0. The number of hydrogen-bond donors (Lipinski definition) is 10. The van der Waals surface area contributed by atoms with E-state index in [2.05, 4.69) is 30.9 Å². The average Bonchev–Trinajstić information content (AvgIpc) is 3.34. The van der Waals surface area contributed by atoms with Gasteiger partial charge in [-0.3, -0.25) is 29.2 Å². The Kier molecular flexibility index (Phi) is 13.0. The van der Waals surface area contributed by atoms with Crippen molar-refractivity contribution < 1.29 is 24.3 Å². The summed E-state index contributed by atoms with van der Waals surface area (Å²) >= 11 is 0. The average molecular weight is 588 g/mol. The van der Waals surface area contributed by atoms with Crippen LogP contribution in [0.4, 0.5) is 0 Å². The molecule has 16 nitrogen and oxygen atoms in total. The van der Waals surface area contributed by atoms with Crippen LogP contribution in [0.15, 0.2) is 40.4 Å². The number of aliphatic carboxylic acids is 1. The van der Waals surface area contributed by atoms with Gasteiger partial charge in [0.25, 0.3) is 0 Å². The van der Waals surface area contributed by atoms with Crippen LogP contribution in [0.25, 0.3) is 10.9 Å². The van der Waals surface area contributed by atoms with E-state index in [1.807, 2.05) is 24.3 Å². The topological polar surface area (TPSA) is 295 Å². The van der Waals surface area contributed by atoms with Crippen molar-refractivity contribution >= 4 is 46.5 Å². The molecule has 0 aliphatic rings. The monoisotopic (exact) mass is 587 g/mol. The minimum atomic E-state index is -1.24. The number of rotatable bonds is 17. The second-order valence-electron chi connectivity index (χ2n) is 9.76. The number of para-hydroxylation sites is 1. The van der Waals surface area contributed by atoms with Crippen LogP contribution in [0.3, 0.4) is 0 Å². The van der Waals surface area contributed by atoms with E-state index in [9.17, 15) is 24.3 Å². The molecule has 42 heavy (non-hydrogen) atoms. The molecule has 0 aliphatic carbocycles. The Morgan fingerprint density at radius 1 is 0.857 bits per heavy atom. The van der Waals surface area contributed by atoms with Crippen molar-refractivity contribution in [1.29, 1.82) is 0 Å². The van der Waals surface area contributed by atoms with Gasteiger partial charge in [0, 0.05) is 36.6 Å². The molecule has 16 heteroatoms. The van der Waals surface area contributed by atoms with Crippen LogP contribution in [-0.4, -0.2) is 83.0 Å². The van der Waals surface area contributed by atoms with Crippen molar-refractivity contribution in [1.82, 2.24) is 20.9 Å². The highest BCUT2D eigenvalue weighted by molar-refractivity contribution is 5.94. The zero-order valence-corrected chi connectivity index (χ0v) is 23.5. The highest BCUT2D eigenvalue weighted by Gasteiger charge is 2.30. The summed E-state index contributed by atoms with van der Waals surface area (Å²) in [6, 6.07) is 3.00. The van der Waals surface area contributed by atoms with E-state index in [-0.39, 0.29) is 44.3 Å². The van der Waals surface area contributed by atoms with Gasteiger partial charge in [-0.05, 0) is 44.2 Å². The molecule has 15 N–H and O–H groups in total. The Hall–Kier alpha value is -4.86. The molecule has 230 valence electrons. The Bertz CT molecular complexity index is 1280. The molecule has 0 spiro atoms. The molecule has 4 unspecified atom stereocenters. The number of amides is 3. The van der Waals surface area contributed by atoms with Crippen LogP contribution < -0.4 is 44.6 Å². The maximum atomic E-state index is 13.5. The third kappa shape index (κ3) is 11.0. The summed E-state index contributed by atoms with van der Waals surface area (Å²) in [6.07, 6.45) is 2.90. The van der Waals surface area contributed by atoms with Gasteiger partial charge in [0.2, 0.25) is 17.7 Å². The number of nitrogens with zero attached hydrogens (tertiary/aromatic N) is 2. The highest BCUT2D eigenvalue weighted by atomic mass is 16.4. The maximum absolute atomic E-state index is 13.5. The number of benzene rings is 1. The lowest BCUT2D eigenvalue weighted by atomic mass is 10.0. The maximum Gasteiger partial charge on any atom is 0.325 e. The fraction of sp³-hybridized carbons (Fsp3) is 0.462. The van der Waals surface area contributed by atoms with Gasteiger partial charge in [-0.25, -0.2) is 0 Å². The molecule has 4 atom stereocenters. The number of fused-ring (bicyclic) bond motifs is 1. The van der Waals surface area contributed by atoms with Crippen LogP contribution in [-0.2, 0) is 25.6 Å². The molecule has 0 fully saturated rings. The number of nitrogens with one attached hydrogen (secondary N) is 4. The highest BCUT2D eigenvalue weighted by Crippen LogP contribution is 2.19. The Labute approximate surface area is 242 Å². The summed E-state index contributed by atoms with van der Waals surface area (Å²) in [4.78, 5) is 61.7. The van der Waals surface area contributed by atoms with Crippen molar-refractivity contribution in [3.05, 3.63) is 36.0 Å². The van der Waals surface area contributed by atoms with Crippen LogP contribution >= 0.6 is 0 Å². The number of carboxylic acid groups (broad SMARTS) is 1. The zero-order valence-electron chi connectivity index (χ0n) is 23.5. The second-order valence-corrected chi connectivity index (χ2v) is 9.76. The third-order valence-corrected chi connectivity index (χ3v) is 6.34. The van der Waals surface area contributed by atoms with Gasteiger partial charge in [0.1, 0.15) is 18.1 Å². The molecule has 2 rings (SSSR count). The standard InChI is InChI=1S/C26H41N11O5/c1-14(24(41)42)35-23(40)20(12-15-13-34-18-8-3-2-6-16(15)18)37-22(39)19(9-5-11-33-26(30)31)36-21(38)17(27)7-4-10-32-25(28)29/h2-3,6,8,13-14,17,19-20,34H,4-5,7,9-12,27H2,1H3,(H,35,40)(H,36,38)(H,37,39)(H,41,42)(H4,28,29,32)(H4,30,31,33). The predicted molar refractivity (Wildman–Crippen MR) is 159 cm³/mol. The molecule has 1 aromatic carbocycles. The quantitative estimate of drug-likeness (QED) is 0.0536. The Balaban J connectivity index is 2.23. The minimum Gasteiger partial charge on any atom is -0.480 e. The molecule has 2 aromatic rings. The van der Waals surface area contributed by atoms with E-state index >= 15 is 0 Å². The van der Waals surface area contributed by atoms with E-state index in [4.69, 9.17) is 28.7 Å². The fourth-order valence-corrected chi connectivity index (χ4v) is 4.08. The summed E-state index contributed by atoms with van der Waals surface area (Å²) in [5.74, 6) is -3.38. The van der Waals surface area contributed by atoms with E-state index < -0.39 is 47.9 Å². The Morgan fingerprint density at radius 2 is 1.43 bits per heavy atom. The number of aromatic amines is 1. The summed E-state index contributed by atoms with van der Waals surface area (Å²) in [7, 11) is 0. The SMILES string of the molecule is CC(NC(=O)C(Cc1c[nH]c2ccccc12)NC(=O)C(CCCN=C(N)N)NC(=O)C(N)CCCN=C(N)N)C(=O)O. The van der Waals surface area contributed by atoms with Gasteiger partial charge < -0.3 is 54.7 Å². The first kappa shape index (κ1) is 33.3.